The number of benzene rings is 1. The number of ether oxygens (including phenoxy) is 1. The minimum Gasteiger partial charge on any atom is -0.418 e. The zero-order valence-corrected chi connectivity index (χ0v) is 16.9. The van der Waals surface area contributed by atoms with E-state index < -0.39 is 4.92 Å². The molecule has 0 fully saturated rings. The van der Waals surface area contributed by atoms with Crippen molar-refractivity contribution in [2.75, 3.05) is 0 Å². The van der Waals surface area contributed by atoms with Gasteiger partial charge in [0.05, 0.1) is 28.2 Å². The Morgan fingerprint density at radius 3 is 2.84 bits per heavy atom. The molecular weight excluding hydrogens is 414 g/mol. The second-order valence-corrected chi connectivity index (χ2v) is 7.49. The highest BCUT2D eigenvalue weighted by molar-refractivity contribution is 5.72. The predicted octanol–water partition coefficient (Wildman–Crippen LogP) is 2.75. The minimum absolute atomic E-state index is 0.0711. The molecule has 0 spiro atoms. The maximum Gasteiger partial charge on any atom is 0.280 e. The summed E-state index contributed by atoms with van der Waals surface area (Å²) in [6.07, 6.45) is 5.17. The largest absolute Gasteiger partial charge is 0.418 e. The average molecular weight is 429 g/mol. The van der Waals surface area contributed by atoms with Gasteiger partial charge in [0.15, 0.2) is 11.5 Å². The fourth-order valence-electron chi connectivity index (χ4n) is 4.12. The number of aromatic nitrogens is 8. The summed E-state index contributed by atoms with van der Waals surface area (Å²) in [4.78, 5) is 20.2. The number of hydrogen-bond acceptors (Lipinski definition) is 8. The van der Waals surface area contributed by atoms with Crippen LogP contribution in [0.25, 0.3) is 17.0 Å². The molecule has 1 atom stereocenters. The molecule has 1 aliphatic heterocycles. The van der Waals surface area contributed by atoms with Crippen molar-refractivity contribution >= 4 is 11.3 Å². The number of nitrogens with zero attached hydrogens (tertiary/aromatic N) is 8. The van der Waals surface area contributed by atoms with Crippen molar-refractivity contribution in [3.05, 3.63) is 75.5 Å². The third kappa shape index (κ3) is 2.52. The quantitative estimate of drug-likeness (QED) is 0.334. The highest BCUT2D eigenvalue weighted by Gasteiger charge is 2.37. The van der Waals surface area contributed by atoms with Gasteiger partial charge in [0.1, 0.15) is 6.33 Å². The molecule has 6 rings (SSSR count). The standard InChI is InChI=1S/C20H15N9O3/c1-10-14-15(11-7-22-27(2)8-11)16-18-23-17(12-5-3-4-6-13(12)29(30)31)26-28(18)9-21-19(16)32-20(14)25-24-10/h3-9,15H,1-2H3,(H,24,25). The van der Waals surface area contributed by atoms with Crippen molar-refractivity contribution in [3.8, 4) is 23.1 Å². The summed E-state index contributed by atoms with van der Waals surface area (Å²) in [6, 6.07) is 6.37. The van der Waals surface area contributed by atoms with Crippen LogP contribution in [0.4, 0.5) is 5.69 Å². The third-order valence-corrected chi connectivity index (χ3v) is 5.52. The molecule has 12 heteroatoms. The molecular formula is C20H15N9O3. The lowest BCUT2D eigenvalue weighted by Crippen LogP contribution is -2.14. The fraction of sp³-hybridized carbons (Fsp3) is 0.150. The third-order valence-electron chi connectivity index (χ3n) is 5.52. The number of aromatic amines is 1. The molecule has 5 heterocycles. The van der Waals surface area contributed by atoms with Crippen LogP contribution in [-0.4, -0.2) is 44.5 Å². The van der Waals surface area contributed by atoms with Gasteiger partial charge in [-0.25, -0.2) is 14.5 Å². The number of aryl methyl sites for hydroxylation is 2. The van der Waals surface area contributed by atoms with Crippen LogP contribution in [0.1, 0.15) is 28.3 Å². The molecule has 4 aromatic heterocycles. The lowest BCUT2D eigenvalue weighted by molar-refractivity contribution is -0.384. The van der Waals surface area contributed by atoms with Crippen LogP contribution < -0.4 is 4.74 Å². The van der Waals surface area contributed by atoms with E-state index in [1.54, 1.807) is 29.1 Å². The number of fused-ring (bicyclic) bond motifs is 4. The molecule has 0 saturated carbocycles. The number of nitro groups is 1. The second-order valence-electron chi connectivity index (χ2n) is 7.49. The molecule has 1 aliphatic rings. The Hall–Kier alpha value is -4.61. The number of nitro benzene ring substituents is 1. The number of para-hydroxylation sites is 1. The number of nitrogens with one attached hydrogen (secondary N) is 1. The lowest BCUT2D eigenvalue weighted by atomic mass is 9.86. The molecule has 0 radical (unpaired) electrons. The lowest BCUT2D eigenvalue weighted by Gasteiger charge is -2.24. The van der Waals surface area contributed by atoms with Gasteiger partial charge in [0.2, 0.25) is 11.8 Å². The van der Waals surface area contributed by atoms with E-state index in [-0.39, 0.29) is 17.4 Å². The molecule has 158 valence electrons. The molecule has 0 aliphatic carbocycles. The summed E-state index contributed by atoms with van der Waals surface area (Å²) < 4.78 is 9.20. The van der Waals surface area contributed by atoms with Crippen molar-refractivity contribution in [2.45, 2.75) is 12.8 Å². The Morgan fingerprint density at radius 2 is 2.06 bits per heavy atom. The van der Waals surface area contributed by atoms with Crippen LogP contribution in [0, 0.1) is 17.0 Å². The van der Waals surface area contributed by atoms with Gasteiger partial charge < -0.3 is 4.74 Å². The molecule has 0 amide bonds. The topological polar surface area (TPSA) is 142 Å². The summed E-state index contributed by atoms with van der Waals surface area (Å²) in [5.41, 5.74) is 4.05. The molecule has 32 heavy (non-hydrogen) atoms. The second kappa shape index (κ2) is 6.44. The van der Waals surface area contributed by atoms with Crippen molar-refractivity contribution in [2.24, 2.45) is 7.05 Å². The predicted molar refractivity (Wildman–Crippen MR) is 110 cm³/mol. The molecule has 1 unspecified atom stereocenters. The van der Waals surface area contributed by atoms with Crippen LogP contribution in [0.15, 0.2) is 43.0 Å². The van der Waals surface area contributed by atoms with Gasteiger partial charge in [-0.05, 0) is 13.0 Å². The molecule has 0 bridgehead atoms. The van der Waals surface area contributed by atoms with Crippen molar-refractivity contribution in [1.29, 1.82) is 0 Å². The summed E-state index contributed by atoms with van der Waals surface area (Å²) in [6.45, 7) is 1.92. The maximum atomic E-state index is 11.5. The van der Waals surface area contributed by atoms with E-state index in [0.29, 0.717) is 28.5 Å². The Morgan fingerprint density at radius 1 is 1.22 bits per heavy atom. The van der Waals surface area contributed by atoms with Crippen molar-refractivity contribution < 1.29 is 9.66 Å². The Balaban J connectivity index is 1.62. The zero-order valence-electron chi connectivity index (χ0n) is 16.9. The molecule has 1 aromatic carbocycles. The number of hydrogen-bond donors (Lipinski definition) is 1. The molecule has 5 aromatic rings. The van der Waals surface area contributed by atoms with E-state index in [1.807, 2.05) is 20.2 Å². The summed E-state index contributed by atoms with van der Waals surface area (Å²) in [5.74, 6) is 0.721. The number of rotatable bonds is 3. The van der Waals surface area contributed by atoms with Crippen molar-refractivity contribution in [3.63, 3.8) is 0 Å². The van der Waals surface area contributed by atoms with Gasteiger partial charge in [0, 0.05) is 36.1 Å². The highest BCUT2D eigenvalue weighted by Crippen LogP contribution is 2.48. The van der Waals surface area contributed by atoms with E-state index in [4.69, 9.17) is 4.74 Å². The van der Waals surface area contributed by atoms with Crippen LogP contribution >= 0.6 is 0 Å². The summed E-state index contributed by atoms with van der Waals surface area (Å²) in [7, 11) is 1.84. The average Bonchev–Trinajstić information content (AvgIpc) is 3.50. The van der Waals surface area contributed by atoms with E-state index in [0.717, 1.165) is 16.8 Å². The Kier molecular flexibility index (Phi) is 3.66. The van der Waals surface area contributed by atoms with E-state index >= 15 is 0 Å². The van der Waals surface area contributed by atoms with Crippen LogP contribution in [0.2, 0.25) is 0 Å². The first kappa shape index (κ1) is 18.2. The van der Waals surface area contributed by atoms with Gasteiger partial charge in [-0.3, -0.25) is 19.9 Å². The SMILES string of the molecule is Cc1[nH]nc2c1C(c1cnn(C)c1)c1c(ncn3nc(-c4ccccc4[N+](=O)[O-])nc13)O2. The summed E-state index contributed by atoms with van der Waals surface area (Å²) in [5, 5.41) is 27.6. The van der Waals surface area contributed by atoms with E-state index in [9.17, 15) is 10.1 Å². The van der Waals surface area contributed by atoms with Crippen LogP contribution in [0.3, 0.4) is 0 Å². The van der Waals surface area contributed by atoms with E-state index in [2.05, 4.69) is 30.4 Å². The monoisotopic (exact) mass is 429 g/mol. The Bertz CT molecular complexity index is 1530. The first-order valence-corrected chi connectivity index (χ1v) is 9.71. The maximum absolute atomic E-state index is 11.5. The normalized spacial score (nSPS) is 14.8. The van der Waals surface area contributed by atoms with Gasteiger partial charge in [0.25, 0.3) is 5.69 Å². The minimum atomic E-state index is -0.447. The Labute approximate surface area is 179 Å². The van der Waals surface area contributed by atoms with Gasteiger partial charge in [-0.15, -0.1) is 10.2 Å². The van der Waals surface area contributed by atoms with E-state index in [1.165, 1.54) is 16.9 Å². The first-order chi connectivity index (χ1) is 15.5. The highest BCUT2D eigenvalue weighted by atomic mass is 16.6. The van der Waals surface area contributed by atoms with Gasteiger partial charge in [-0.2, -0.15) is 5.10 Å². The van der Waals surface area contributed by atoms with Gasteiger partial charge >= 0.3 is 0 Å². The van der Waals surface area contributed by atoms with Crippen molar-refractivity contribution in [1.82, 2.24) is 39.6 Å². The first-order valence-electron chi connectivity index (χ1n) is 9.71. The fourth-order valence-corrected chi connectivity index (χ4v) is 4.12. The smallest absolute Gasteiger partial charge is 0.280 e. The molecule has 0 saturated heterocycles. The number of H-pyrrole nitrogens is 1. The van der Waals surface area contributed by atoms with Crippen LogP contribution in [-0.2, 0) is 7.05 Å². The molecule has 1 N–H and O–H groups in total. The summed E-state index contributed by atoms with van der Waals surface area (Å²) >= 11 is 0. The zero-order chi connectivity index (χ0) is 22.0. The van der Waals surface area contributed by atoms with Gasteiger partial charge in [-0.1, -0.05) is 12.1 Å². The van der Waals surface area contributed by atoms with Crippen LogP contribution in [0.5, 0.6) is 11.8 Å². The molecule has 12 nitrogen and oxygen atoms in total.